The van der Waals surface area contributed by atoms with Gasteiger partial charge in [0, 0.05) is 11.1 Å². The first kappa shape index (κ1) is 20.2. The van der Waals surface area contributed by atoms with Crippen LogP contribution in [0.1, 0.15) is 11.1 Å². The Balaban J connectivity index is 2.00. The summed E-state index contributed by atoms with van der Waals surface area (Å²) in [7, 11) is 0. The van der Waals surface area contributed by atoms with Crippen molar-refractivity contribution in [3.05, 3.63) is 125 Å². The van der Waals surface area contributed by atoms with Gasteiger partial charge in [0.05, 0.1) is 22.8 Å². The van der Waals surface area contributed by atoms with Crippen LogP contribution in [0.15, 0.2) is 109 Å². The zero-order valence-electron chi connectivity index (χ0n) is 18.2. The molecule has 1 heterocycles. The number of hydrogen-bond acceptors (Lipinski definition) is 1. The third-order valence-electron chi connectivity index (χ3n) is 5.86. The van der Waals surface area contributed by atoms with Crippen molar-refractivity contribution in [2.24, 2.45) is 0 Å². The number of aromatic nitrogens is 2. The minimum absolute atomic E-state index is 0.756. The lowest BCUT2D eigenvalue weighted by Gasteiger charge is -2.14. The van der Waals surface area contributed by atoms with Gasteiger partial charge in [0.15, 0.2) is 4.77 Å². The fourth-order valence-electron chi connectivity index (χ4n) is 4.30. The number of imidazole rings is 1. The number of hydrogen-bond donors (Lipinski definition) is 0. The number of nitrogens with zero attached hydrogens (tertiary/aromatic N) is 2. The van der Waals surface area contributed by atoms with Gasteiger partial charge in [-0.25, -0.2) is 0 Å². The monoisotopic (exact) mass is 432 g/mol. The molecule has 3 heteroatoms. The van der Waals surface area contributed by atoms with Gasteiger partial charge in [-0.2, -0.15) is 0 Å². The van der Waals surface area contributed by atoms with Crippen molar-refractivity contribution in [2.75, 3.05) is 0 Å². The fourth-order valence-corrected chi connectivity index (χ4v) is 4.68. The third-order valence-corrected chi connectivity index (χ3v) is 6.23. The van der Waals surface area contributed by atoms with E-state index in [4.69, 9.17) is 12.2 Å². The third kappa shape index (κ3) is 3.41. The largest absolute Gasteiger partial charge is 0.284 e. The quantitative estimate of drug-likeness (QED) is 0.262. The molecular weight excluding hydrogens is 408 g/mol. The normalized spacial score (nSPS) is 10.9. The molecule has 0 N–H and O–H groups in total. The molecule has 0 radical (unpaired) electrons. The van der Waals surface area contributed by atoms with Crippen molar-refractivity contribution in [1.82, 2.24) is 9.13 Å². The van der Waals surface area contributed by atoms with Crippen LogP contribution >= 0.6 is 12.2 Å². The van der Waals surface area contributed by atoms with E-state index in [1.807, 2.05) is 0 Å². The first-order valence-electron chi connectivity index (χ1n) is 10.8. The maximum Gasteiger partial charge on any atom is 0.190 e. The average molecular weight is 433 g/mol. The molecule has 0 fully saturated rings. The molecule has 1 aromatic heterocycles. The summed E-state index contributed by atoms with van der Waals surface area (Å²) in [6.07, 6.45) is 0. The Morgan fingerprint density at radius 3 is 1.19 bits per heavy atom. The Bertz CT molecular complexity index is 1330. The summed E-state index contributed by atoms with van der Waals surface area (Å²) in [6.45, 7) is 4.28. The van der Waals surface area contributed by atoms with Crippen LogP contribution in [0, 0.1) is 18.6 Å². The van der Waals surface area contributed by atoms with E-state index >= 15 is 0 Å². The van der Waals surface area contributed by atoms with Crippen LogP contribution in [0.25, 0.3) is 33.9 Å². The van der Waals surface area contributed by atoms with Crippen LogP contribution in [0.5, 0.6) is 0 Å². The van der Waals surface area contributed by atoms with Gasteiger partial charge in [0.25, 0.3) is 0 Å². The highest BCUT2D eigenvalue weighted by atomic mass is 32.1. The van der Waals surface area contributed by atoms with Crippen molar-refractivity contribution in [2.45, 2.75) is 13.8 Å². The molecule has 0 bridgehead atoms. The highest BCUT2D eigenvalue weighted by Crippen LogP contribution is 2.39. The molecule has 32 heavy (non-hydrogen) atoms. The molecule has 0 aliphatic carbocycles. The predicted octanol–water partition coefficient (Wildman–Crippen LogP) is 7.95. The van der Waals surface area contributed by atoms with Crippen LogP contribution in [0.2, 0.25) is 0 Å². The molecule has 0 saturated carbocycles. The molecule has 0 aliphatic heterocycles. The molecule has 0 spiro atoms. The molecule has 5 aromatic rings. The Morgan fingerprint density at radius 2 is 0.812 bits per heavy atom. The van der Waals surface area contributed by atoms with Crippen molar-refractivity contribution in [3.63, 3.8) is 0 Å². The number of rotatable bonds is 4. The van der Waals surface area contributed by atoms with Crippen LogP contribution in [-0.4, -0.2) is 9.13 Å². The molecule has 0 amide bonds. The van der Waals surface area contributed by atoms with E-state index in [9.17, 15) is 0 Å². The van der Waals surface area contributed by atoms with E-state index in [1.54, 1.807) is 0 Å². The highest BCUT2D eigenvalue weighted by Gasteiger charge is 2.23. The second-order valence-electron chi connectivity index (χ2n) is 7.96. The van der Waals surface area contributed by atoms with Crippen molar-refractivity contribution in [3.8, 4) is 33.9 Å². The van der Waals surface area contributed by atoms with E-state index in [1.165, 1.54) is 11.1 Å². The minimum atomic E-state index is 0.756. The molecule has 0 unspecified atom stereocenters. The Morgan fingerprint density at radius 1 is 0.469 bits per heavy atom. The van der Waals surface area contributed by atoms with Crippen LogP contribution in [0.4, 0.5) is 0 Å². The first-order chi connectivity index (χ1) is 15.7. The Labute approximate surface area is 194 Å². The van der Waals surface area contributed by atoms with Gasteiger partial charge in [-0.15, -0.1) is 0 Å². The molecule has 0 atom stereocenters. The minimum Gasteiger partial charge on any atom is -0.284 e. The zero-order valence-corrected chi connectivity index (χ0v) is 19.0. The maximum atomic E-state index is 6.21. The van der Waals surface area contributed by atoms with Gasteiger partial charge < -0.3 is 0 Å². The van der Waals surface area contributed by atoms with Gasteiger partial charge in [-0.1, -0.05) is 97.1 Å². The van der Waals surface area contributed by atoms with E-state index in [0.717, 1.165) is 38.7 Å². The molecule has 5 rings (SSSR count). The van der Waals surface area contributed by atoms with E-state index < -0.39 is 0 Å². The Kier molecular flexibility index (Phi) is 5.34. The molecular formula is C29H24N2S. The van der Waals surface area contributed by atoms with Gasteiger partial charge in [0.2, 0.25) is 0 Å². The van der Waals surface area contributed by atoms with Gasteiger partial charge >= 0.3 is 0 Å². The second-order valence-corrected chi connectivity index (χ2v) is 8.32. The molecule has 156 valence electrons. The van der Waals surface area contributed by atoms with E-state index in [0.29, 0.717) is 0 Å². The maximum absolute atomic E-state index is 6.21. The zero-order chi connectivity index (χ0) is 22.1. The smallest absolute Gasteiger partial charge is 0.190 e. The predicted molar refractivity (Wildman–Crippen MR) is 136 cm³/mol. The summed E-state index contributed by atoms with van der Waals surface area (Å²) in [6, 6.07) is 37.9. The summed E-state index contributed by atoms with van der Waals surface area (Å²) in [5, 5.41) is 0. The standard InChI is InChI=1S/C29H24N2S/c1-21-13-9-11-19-25(21)30-27(23-15-5-3-6-16-23)28(24-17-7-4-8-18-24)31(29(30)32)26-20-12-10-14-22(26)2/h3-20H,1-2H3. The molecule has 0 saturated heterocycles. The second kappa shape index (κ2) is 8.45. The number of para-hydroxylation sites is 2. The summed E-state index contributed by atoms with van der Waals surface area (Å²) in [5.41, 5.74) is 9.02. The van der Waals surface area contributed by atoms with E-state index in [2.05, 4.69) is 132 Å². The lowest BCUT2D eigenvalue weighted by atomic mass is 10.0. The average Bonchev–Trinajstić information content (AvgIpc) is 3.13. The van der Waals surface area contributed by atoms with Crippen LogP contribution < -0.4 is 0 Å². The van der Waals surface area contributed by atoms with E-state index in [-0.39, 0.29) is 0 Å². The van der Waals surface area contributed by atoms with Gasteiger partial charge in [-0.05, 0) is 49.3 Å². The van der Waals surface area contributed by atoms with Gasteiger partial charge in [0.1, 0.15) is 0 Å². The SMILES string of the molecule is Cc1ccccc1-n1c(-c2ccccc2)c(-c2ccccc2)n(-c2ccccc2C)c1=S. The molecule has 4 aromatic carbocycles. The van der Waals surface area contributed by atoms with Crippen LogP contribution in [0.3, 0.4) is 0 Å². The summed E-state index contributed by atoms with van der Waals surface area (Å²) in [4.78, 5) is 0. The summed E-state index contributed by atoms with van der Waals surface area (Å²) in [5.74, 6) is 0. The Hall–Kier alpha value is -3.69. The lowest BCUT2D eigenvalue weighted by Crippen LogP contribution is -2.02. The lowest BCUT2D eigenvalue weighted by molar-refractivity contribution is 0.948. The topological polar surface area (TPSA) is 9.86 Å². The first-order valence-corrected chi connectivity index (χ1v) is 11.2. The summed E-state index contributed by atoms with van der Waals surface area (Å²) >= 11 is 6.21. The molecule has 2 nitrogen and oxygen atoms in total. The van der Waals surface area contributed by atoms with Crippen molar-refractivity contribution in [1.29, 1.82) is 0 Å². The van der Waals surface area contributed by atoms with Gasteiger partial charge in [-0.3, -0.25) is 9.13 Å². The van der Waals surface area contributed by atoms with Crippen molar-refractivity contribution < 1.29 is 0 Å². The number of aryl methyl sites for hydroxylation is 2. The highest BCUT2D eigenvalue weighted by molar-refractivity contribution is 7.71. The number of benzene rings is 4. The van der Waals surface area contributed by atoms with Crippen molar-refractivity contribution >= 4 is 12.2 Å². The summed E-state index contributed by atoms with van der Waals surface area (Å²) < 4.78 is 5.22. The molecule has 0 aliphatic rings. The van der Waals surface area contributed by atoms with Crippen LogP contribution in [-0.2, 0) is 0 Å². The fraction of sp³-hybridized carbons (Fsp3) is 0.0690.